The van der Waals surface area contributed by atoms with Crippen LogP contribution in [0.2, 0.25) is 0 Å². The van der Waals surface area contributed by atoms with Gasteiger partial charge in [-0.25, -0.2) is 4.52 Å². The lowest BCUT2D eigenvalue weighted by atomic mass is 10.1. The molecule has 4 aromatic rings. The first-order valence-corrected chi connectivity index (χ1v) is 9.02. The number of thiophene rings is 1. The number of carbonyl (C=O) groups is 1. The molecular formula is C19H16N4O2S. The van der Waals surface area contributed by atoms with E-state index in [-0.39, 0.29) is 18.0 Å². The molecule has 26 heavy (non-hydrogen) atoms. The minimum Gasteiger partial charge on any atom is -0.350 e. The minimum absolute atomic E-state index is 0.0213. The highest BCUT2D eigenvalue weighted by atomic mass is 32.1. The molecule has 0 radical (unpaired) electrons. The summed E-state index contributed by atoms with van der Waals surface area (Å²) in [5.74, 6) is -0.201. The largest absolute Gasteiger partial charge is 0.350 e. The van der Waals surface area contributed by atoms with Crippen molar-refractivity contribution in [3.05, 3.63) is 81.5 Å². The number of amides is 1. The molecule has 130 valence electrons. The van der Waals surface area contributed by atoms with Gasteiger partial charge in [0.15, 0.2) is 0 Å². The van der Waals surface area contributed by atoms with Crippen LogP contribution in [-0.2, 0) is 17.9 Å². The highest BCUT2D eigenvalue weighted by molar-refractivity contribution is 7.09. The van der Waals surface area contributed by atoms with Gasteiger partial charge in [0.05, 0.1) is 12.2 Å². The number of aromatic nitrogens is 3. The van der Waals surface area contributed by atoms with Gasteiger partial charge in [0.1, 0.15) is 12.1 Å². The Bertz CT molecular complexity index is 1100. The van der Waals surface area contributed by atoms with Crippen molar-refractivity contribution in [1.29, 1.82) is 0 Å². The molecular weight excluding hydrogens is 348 g/mol. The van der Waals surface area contributed by atoms with Gasteiger partial charge in [0.25, 0.3) is 5.56 Å². The molecule has 7 heteroatoms. The Kier molecular flexibility index (Phi) is 4.37. The summed E-state index contributed by atoms with van der Waals surface area (Å²) in [6.45, 7) is 0.449. The Balaban J connectivity index is 1.55. The fourth-order valence-corrected chi connectivity index (χ4v) is 3.35. The van der Waals surface area contributed by atoms with E-state index in [2.05, 4.69) is 10.4 Å². The van der Waals surface area contributed by atoms with Gasteiger partial charge in [-0.3, -0.25) is 9.59 Å². The normalized spacial score (nSPS) is 10.9. The molecule has 0 atom stereocenters. The topological polar surface area (TPSA) is 68.4 Å². The van der Waals surface area contributed by atoms with Crippen molar-refractivity contribution in [1.82, 2.24) is 19.5 Å². The number of hydrogen-bond donors (Lipinski definition) is 1. The van der Waals surface area contributed by atoms with Gasteiger partial charge in [0, 0.05) is 22.8 Å². The van der Waals surface area contributed by atoms with Crippen molar-refractivity contribution >= 4 is 22.8 Å². The van der Waals surface area contributed by atoms with Crippen LogP contribution in [0.4, 0.5) is 0 Å². The number of benzene rings is 1. The molecule has 0 bridgehead atoms. The average molecular weight is 364 g/mol. The maximum absolute atomic E-state index is 12.7. The maximum Gasteiger partial charge on any atom is 0.277 e. The fraction of sp³-hybridized carbons (Fsp3) is 0.105. The number of hydrogen-bond acceptors (Lipinski definition) is 4. The molecule has 0 aliphatic carbocycles. The van der Waals surface area contributed by atoms with Gasteiger partial charge in [-0.15, -0.1) is 11.3 Å². The first-order chi connectivity index (χ1) is 12.7. The Morgan fingerprint density at radius 2 is 1.96 bits per heavy atom. The minimum atomic E-state index is -0.242. The van der Waals surface area contributed by atoms with E-state index in [4.69, 9.17) is 0 Å². The molecule has 3 aromatic heterocycles. The number of rotatable bonds is 5. The lowest BCUT2D eigenvalue weighted by molar-refractivity contribution is -0.121. The lowest BCUT2D eigenvalue weighted by Gasteiger charge is -2.06. The summed E-state index contributed by atoms with van der Waals surface area (Å²) in [6, 6.07) is 15.3. The van der Waals surface area contributed by atoms with E-state index >= 15 is 0 Å². The first-order valence-electron chi connectivity index (χ1n) is 8.14. The van der Waals surface area contributed by atoms with Gasteiger partial charge in [-0.1, -0.05) is 36.4 Å². The molecule has 1 N–H and O–H groups in total. The summed E-state index contributed by atoms with van der Waals surface area (Å²) in [4.78, 5) is 25.9. The fourth-order valence-electron chi connectivity index (χ4n) is 2.71. The Morgan fingerprint density at radius 1 is 1.12 bits per heavy atom. The second-order valence-corrected chi connectivity index (χ2v) is 6.84. The highest BCUT2D eigenvalue weighted by Crippen LogP contribution is 2.17. The molecule has 1 aromatic carbocycles. The molecule has 0 spiro atoms. The molecule has 6 nitrogen and oxygen atoms in total. The van der Waals surface area contributed by atoms with E-state index < -0.39 is 0 Å². The van der Waals surface area contributed by atoms with Crippen LogP contribution in [0.1, 0.15) is 4.88 Å². The zero-order valence-corrected chi connectivity index (χ0v) is 14.6. The summed E-state index contributed by atoms with van der Waals surface area (Å²) in [6.07, 6.45) is 3.28. The van der Waals surface area contributed by atoms with Gasteiger partial charge in [-0.2, -0.15) is 5.10 Å². The molecule has 0 saturated heterocycles. The highest BCUT2D eigenvalue weighted by Gasteiger charge is 2.11. The number of fused-ring (bicyclic) bond motifs is 1. The molecule has 4 rings (SSSR count). The van der Waals surface area contributed by atoms with Gasteiger partial charge in [0.2, 0.25) is 5.91 Å². The van der Waals surface area contributed by atoms with E-state index in [1.807, 2.05) is 47.8 Å². The van der Waals surface area contributed by atoms with E-state index in [1.165, 1.54) is 4.57 Å². The van der Waals surface area contributed by atoms with Crippen LogP contribution in [0.25, 0.3) is 16.8 Å². The van der Waals surface area contributed by atoms with Crippen molar-refractivity contribution in [2.24, 2.45) is 0 Å². The van der Waals surface area contributed by atoms with Crippen LogP contribution in [-0.4, -0.2) is 20.1 Å². The molecule has 0 aliphatic rings. The van der Waals surface area contributed by atoms with Crippen molar-refractivity contribution in [3.8, 4) is 11.3 Å². The summed E-state index contributed by atoms with van der Waals surface area (Å²) in [7, 11) is 0. The van der Waals surface area contributed by atoms with E-state index in [0.717, 1.165) is 16.1 Å². The predicted molar refractivity (Wildman–Crippen MR) is 101 cm³/mol. The first kappa shape index (κ1) is 16.3. The Hall–Kier alpha value is -3.19. The van der Waals surface area contributed by atoms with Crippen LogP contribution >= 0.6 is 11.3 Å². The third-order valence-electron chi connectivity index (χ3n) is 4.03. The van der Waals surface area contributed by atoms with E-state index in [1.54, 1.807) is 34.3 Å². The maximum atomic E-state index is 12.7. The number of nitrogens with one attached hydrogen (secondary N) is 1. The van der Waals surface area contributed by atoms with Gasteiger partial charge in [-0.05, 0) is 17.5 Å². The molecule has 0 saturated carbocycles. The van der Waals surface area contributed by atoms with Crippen LogP contribution in [0.15, 0.2) is 71.1 Å². The summed E-state index contributed by atoms with van der Waals surface area (Å²) < 4.78 is 2.94. The quantitative estimate of drug-likeness (QED) is 0.592. The number of carbonyl (C=O) groups excluding carboxylic acids is 1. The van der Waals surface area contributed by atoms with Crippen LogP contribution in [0.5, 0.6) is 0 Å². The predicted octanol–water partition coefficient (Wildman–Crippen LogP) is 2.54. The third kappa shape index (κ3) is 3.29. The van der Waals surface area contributed by atoms with Crippen molar-refractivity contribution in [3.63, 3.8) is 0 Å². The van der Waals surface area contributed by atoms with Crippen molar-refractivity contribution in [2.45, 2.75) is 13.1 Å². The second-order valence-electron chi connectivity index (χ2n) is 5.81. The number of nitrogens with zero attached hydrogens (tertiary/aromatic N) is 3. The molecule has 1 amide bonds. The lowest BCUT2D eigenvalue weighted by Crippen LogP contribution is -2.32. The van der Waals surface area contributed by atoms with Crippen molar-refractivity contribution < 1.29 is 4.79 Å². The second kappa shape index (κ2) is 6.97. The van der Waals surface area contributed by atoms with Crippen LogP contribution < -0.4 is 10.9 Å². The molecule has 3 heterocycles. The zero-order valence-electron chi connectivity index (χ0n) is 13.8. The Morgan fingerprint density at radius 3 is 2.73 bits per heavy atom. The molecule has 0 aliphatic heterocycles. The molecule has 0 fully saturated rings. The molecule has 0 unspecified atom stereocenters. The van der Waals surface area contributed by atoms with Crippen LogP contribution in [0, 0.1) is 0 Å². The zero-order chi connectivity index (χ0) is 17.9. The standard InChI is InChI=1S/C19H16N4O2S/c24-18(20-12-15-7-4-10-26-15)13-22-8-9-23-17(19(22)25)11-16(21-23)14-5-2-1-3-6-14/h1-11H,12-13H2,(H,20,24). The SMILES string of the molecule is O=C(Cn1ccn2nc(-c3ccccc3)cc2c1=O)NCc1cccs1. The monoisotopic (exact) mass is 364 g/mol. The van der Waals surface area contributed by atoms with E-state index in [9.17, 15) is 9.59 Å². The van der Waals surface area contributed by atoms with Gasteiger partial charge >= 0.3 is 0 Å². The van der Waals surface area contributed by atoms with Gasteiger partial charge < -0.3 is 9.88 Å². The van der Waals surface area contributed by atoms with E-state index in [0.29, 0.717) is 12.1 Å². The Labute approximate surface area is 153 Å². The average Bonchev–Trinajstić information content (AvgIpc) is 3.33. The summed E-state index contributed by atoms with van der Waals surface area (Å²) in [5.41, 5.74) is 1.87. The summed E-state index contributed by atoms with van der Waals surface area (Å²) >= 11 is 1.58. The van der Waals surface area contributed by atoms with Crippen molar-refractivity contribution in [2.75, 3.05) is 0 Å². The smallest absolute Gasteiger partial charge is 0.277 e. The van der Waals surface area contributed by atoms with Crippen LogP contribution in [0.3, 0.4) is 0 Å². The summed E-state index contributed by atoms with van der Waals surface area (Å²) in [5, 5.41) is 9.23. The third-order valence-corrected chi connectivity index (χ3v) is 4.90.